The first-order valence-corrected chi connectivity index (χ1v) is 3.92. The van der Waals surface area contributed by atoms with Gasteiger partial charge in [0.1, 0.15) is 0 Å². The summed E-state index contributed by atoms with van der Waals surface area (Å²) in [7, 11) is 0. The van der Waals surface area contributed by atoms with Gasteiger partial charge >= 0.3 is 0 Å². The number of rotatable bonds is 0. The van der Waals surface area contributed by atoms with Crippen molar-refractivity contribution in [2.24, 2.45) is 0 Å². The quantitative estimate of drug-likeness (QED) is 0.596. The maximum absolute atomic E-state index is 11.5. The van der Waals surface area contributed by atoms with Gasteiger partial charge in [0.25, 0.3) is 0 Å². The topological polar surface area (TPSA) is 34.1 Å². The van der Waals surface area contributed by atoms with E-state index in [4.69, 9.17) is 0 Å². The zero-order valence-electron chi connectivity index (χ0n) is 6.91. The highest BCUT2D eigenvalue weighted by atomic mass is 16.1. The number of ketones is 2. The Hall–Kier alpha value is -1.70. The van der Waals surface area contributed by atoms with Gasteiger partial charge in [0.15, 0.2) is 11.6 Å². The summed E-state index contributed by atoms with van der Waals surface area (Å²) in [5.41, 5.74) is 1.20. The molecule has 0 atom stereocenters. The number of allylic oxidation sites excluding steroid dienone is 2. The van der Waals surface area contributed by atoms with Crippen molar-refractivity contribution in [3.05, 3.63) is 54.0 Å². The van der Waals surface area contributed by atoms with Gasteiger partial charge in [0.2, 0.25) is 0 Å². The van der Waals surface area contributed by atoms with E-state index in [1.165, 1.54) is 6.08 Å². The minimum absolute atomic E-state index is 0.139. The summed E-state index contributed by atoms with van der Waals surface area (Å²) in [4.78, 5) is 22.9. The summed E-state index contributed by atoms with van der Waals surface area (Å²) in [5, 5.41) is 0. The first kappa shape index (κ1) is 7.92. The molecule has 0 bridgehead atoms. The Bertz CT molecular complexity index is 427. The van der Waals surface area contributed by atoms with Crippen molar-refractivity contribution in [2.75, 3.05) is 0 Å². The molecule has 1 aliphatic rings. The highest BCUT2D eigenvalue weighted by Gasteiger charge is 2.21. The van der Waals surface area contributed by atoms with Gasteiger partial charge in [-0.25, -0.2) is 0 Å². The molecule has 1 aromatic carbocycles. The number of carbonyl (C=O) groups is 2. The average molecular weight is 171 g/mol. The third kappa shape index (κ3) is 1.11. The lowest BCUT2D eigenvalue weighted by atomic mass is 9.90. The van der Waals surface area contributed by atoms with Crippen LogP contribution in [0.1, 0.15) is 20.7 Å². The molecule has 0 aromatic heterocycles. The summed E-state index contributed by atoms with van der Waals surface area (Å²) in [6, 6.07) is 6.78. The van der Waals surface area contributed by atoms with Crippen molar-refractivity contribution in [1.82, 2.24) is 0 Å². The lowest BCUT2D eigenvalue weighted by molar-refractivity contribution is 0.0987. The fourth-order valence-electron chi connectivity index (χ4n) is 1.37. The number of benzene rings is 1. The maximum Gasteiger partial charge on any atom is 0.189 e. The molecule has 2 nitrogen and oxygen atoms in total. The second-order valence-corrected chi connectivity index (χ2v) is 2.91. The Kier molecular flexibility index (Phi) is 1.62. The van der Waals surface area contributed by atoms with Crippen LogP contribution in [0.4, 0.5) is 0 Å². The van der Waals surface area contributed by atoms with E-state index in [-0.39, 0.29) is 17.1 Å². The van der Waals surface area contributed by atoms with Crippen LogP contribution in [0, 0.1) is 6.92 Å². The predicted molar refractivity (Wildman–Crippen MR) is 48.5 cm³/mol. The van der Waals surface area contributed by atoms with Crippen molar-refractivity contribution in [2.45, 2.75) is 0 Å². The van der Waals surface area contributed by atoms with Gasteiger partial charge in [0.05, 0.1) is 0 Å². The molecule has 0 saturated carbocycles. The summed E-state index contributed by atoms with van der Waals surface area (Å²) in [6.07, 6.45) is 1.28. The largest absolute Gasteiger partial charge is 0.289 e. The third-order valence-electron chi connectivity index (χ3n) is 2.03. The molecule has 0 N–H and O–H groups in total. The van der Waals surface area contributed by atoms with Crippen molar-refractivity contribution >= 4 is 11.6 Å². The summed E-state index contributed by atoms with van der Waals surface area (Å²) < 4.78 is 0. The van der Waals surface area contributed by atoms with Crippen LogP contribution in [0.2, 0.25) is 0 Å². The minimum Gasteiger partial charge on any atom is -0.289 e. The molecule has 0 saturated heterocycles. The number of hydrogen-bond acceptors (Lipinski definition) is 2. The zero-order valence-corrected chi connectivity index (χ0v) is 6.91. The molecular formula is C11H7O2. The van der Waals surface area contributed by atoms with Crippen LogP contribution in [0.5, 0.6) is 0 Å². The van der Waals surface area contributed by atoms with Crippen LogP contribution in [0.3, 0.4) is 0 Å². The Morgan fingerprint density at radius 3 is 2.31 bits per heavy atom. The van der Waals surface area contributed by atoms with Gasteiger partial charge in [-0.05, 0) is 13.0 Å². The van der Waals surface area contributed by atoms with Gasteiger partial charge in [0, 0.05) is 16.7 Å². The minimum atomic E-state index is -0.157. The lowest BCUT2D eigenvalue weighted by Gasteiger charge is -2.10. The molecule has 2 rings (SSSR count). The van der Waals surface area contributed by atoms with E-state index < -0.39 is 0 Å². The van der Waals surface area contributed by atoms with Gasteiger partial charge in [-0.15, -0.1) is 0 Å². The van der Waals surface area contributed by atoms with Crippen molar-refractivity contribution in [3.63, 3.8) is 0 Å². The maximum atomic E-state index is 11.5. The normalized spacial score (nSPS) is 15.3. The van der Waals surface area contributed by atoms with Crippen molar-refractivity contribution in [1.29, 1.82) is 0 Å². The standard InChI is InChI=1S/C11H7O2/c1-7-6-10(12)8-4-2-3-5-9(8)11(7)13/h2-6H,1H2. The van der Waals surface area contributed by atoms with Gasteiger partial charge in [-0.1, -0.05) is 24.3 Å². The zero-order chi connectivity index (χ0) is 9.42. The molecule has 1 aromatic rings. The summed E-state index contributed by atoms with van der Waals surface area (Å²) in [5.74, 6) is -0.296. The van der Waals surface area contributed by atoms with E-state index in [0.29, 0.717) is 11.1 Å². The molecule has 0 heterocycles. The Labute approximate surface area is 75.9 Å². The van der Waals surface area contributed by atoms with E-state index in [1.54, 1.807) is 24.3 Å². The van der Waals surface area contributed by atoms with E-state index in [0.717, 1.165) is 0 Å². The van der Waals surface area contributed by atoms with E-state index in [1.807, 2.05) is 0 Å². The summed E-state index contributed by atoms with van der Waals surface area (Å²) in [6.45, 7) is 3.52. The van der Waals surface area contributed by atoms with Crippen LogP contribution >= 0.6 is 0 Å². The first-order valence-electron chi connectivity index (χ1n) is 3.92. The van der Waals surface area contributed by atoms with Crippen LogP contribution < -0.4 is 0 Å². The van der Waals surface area contributed by atoms with Crippen LogP contribution in [-0.2, 0) is 0 Å². The highest BCUT2D eigenvalue weighted by molar-refractivity contribution is 6.24. The highest BCUT2D eigenvalue weighted by Crippen LogP contribution is 2.19. The Morgan fingerprint density at radius 2 is 1.62 bits per heavy atom. The second kappa shape index (κ2) is 2.66. The average Bonchev–Trinajstić information content (AvgIpc) is 2.15. The predicted octanol–water partition coefficient (Wildman–Crippen LogP) is 1.83. The number of fused-ring (bicyclic) bond motifs is 1. The number of carbonyl (C=O) groups excluding carboxylic acids is 2. The van der Waals surface area contributed by atoms with Crippen LogP contribution in [0.15, 0.2) is 35.9 Å². The Balaban J connectivity index is 2.69. The van der Waals surface area contributed by atoms with E-state index >= 15 is 0 Å². The van der Waals surface area contributed by atoms with Crippen molar-refractivity contribution in [3.8, 4) is 0 Å². The molecule has 1 radical (unpaired) electrons. The third-order valence-corrected chi connectivity index (χ3v) is 2.03. The fourth-order valence-corrected chi connectivity index (χ4v) is 1.37. The van der Waals surface area contributed by atoms with E-state index in [2.05, 4.69) is 6.92 Å². The lowest BCUT2D eigenvalue weighted by Crippen LogP contribution is -2.15. The van der Waals surface area contributed by atoms with Crippen molar-refractivity contribution < 1.29 is 9.59 Å². The molecule has 0 aliphatic heterocycles. The number of Topliss-reactive ketones (excluding diaryl/α,β-unsaturated/α-hetero) is 1. The molecule has 2 heteroatoms. The van der Waals surface area contributed by atoms with Crippen LogP contribution in [0.25, 0.3) is 0 Å². The molecular weight excluding hydrogens is 164 g/mol. The first-order chi connectivity index (χ1) is 6.20. The Morgan fingerprint density at radius 1 is 1.00 bits per heavy atom. The van der Waals surface area contributed by atoms with Gasteiger partial charge < -0.3 is 0 Å². The van der Waals surface area contributed by atoms with Crippen LogP contribution in [-0.4, -0.2) is 11.6 Å². The SMILES string of the molecule is [CH2]C1=CC(=O)c2ccccc2C1=O. The van der Waals surface area contributed by atoms with Gasteiger partial charge in [-0.2, -0.15) is 0 Å². The molecule has 0 spiro atoms. The molecule has 63 valence electrons. The molecule has 0 fully saturated rings. The molecule has 13 heavy (non-hydrogen) atoms. The molecule has 0 unspecified atom stereocenters. The summed E-state index contributed by atoms with van der Waals surface area (Å²) >= 11 is 0. The molecule has 0 amide bonds. The van der Waals surface area contributed by atoms with Gasteiger partial charge in [-0.3, -0.25) is 9.59 Å². The van der Waals surface area contributed by atoms with E-state index in [9.17, 15) is 9.59 Å². The molecule has 1 aliphatic carbocycles. The number of hydrogen-bond donors (Lipinski definition) is 0. The fraction of sp³-hybridized carbons (Fsp3) is 0. The second-order valence-electron chi connectivity index (χ2n) is 2.91. The smallest absolute Gasteiger partial charge is 0.189 e. The monoisotopic (exact) mass is 171 g/mol.